The molecule has 0 saturated carbocycles. The van der Waals surface area contributed by atoms with Crippen molar-refractivity contribution in [2.75, 3.05) is 0 Å². The van der Waals surface area contributed by atoms with Crippen LogP contribution in [-0.4, -0.2) is 39.5 Å². The fraction of sp³-hybridized carbons (Fsp3) is 0.100. The van der Waals surface area contributed by atoms with E-state index in [4.69, 9.17) is 4.74 Å². The van der Waals surface area contributed by atoms with Crippen molar-refractivity contribution in [1.29, 1.82) is 0 Å². The average Bonchev–Trinajstić information content (AvgIpc) is 3.44. The summed E-state index contributed by atoms with van der Waals surface area (Å²) in [5, 5.41) is 17.3. The van der Waals surface area contributed by atoms with E-state index < -0.39 is 0 Å². The van der Waals surface area contributed by atoms with Crippen LogP contribution >= 0.6 is 0 Å². The summed E-state index contributed by atoms with van der Waals surface area (Å²) in [5.41, 5.74) is 2.16. The highest BCUT2D eigenvalue weighted by Crippen LogP contribution is 2.25. The molecule has 148 valence electrons. The molecule has 0 bridgehead atoms. The maximum atomic E-state index is 12.3. The molecule has 0 atom stereocenters. The highest BCUT2D eigenvalue weighted by atomic mass is 16.5. The average molecular weight is 400 g/mol. The van der Waals surface area contributed by atoms with Gasteiger partial charge in [0, 0.05) is 24.7 Å². The molecule has 0 saturated heterocycles. The van der Waals surface area contributed by atoms with Gasteiger partial charge in [0.05, 0.1) is 30.3 Å². The van der Waals surface area contributed by atoms with Crippen molar-refractivity contribution in [2.24, 2.45) is 7.05 Å². The number of ether oxygens (including phenoxy) is 1. The Bertz CT molecular complexity index is 1390. The standard InChI is InChI=1S/C20H16N8O2/c1-26-12-15(11-22-26)27-8-6-19(29)17(24-27)13-30-20-18(28-9-7-21-25-28)10-14-4-2-3-5-16(14)23-20/h2-12H,13H2,1H3. The molecule has 0 radical (unpaired) electrons. The molecule has 0 spiro atoms. The Hall–Kier alpha value is -4.34. The third-order valence-corrected chi connectivity index (χ3v) is 4.52. The van der Waals surface area contributed by atoms with Crippen molar-refractivity contribution >= 4 is 10.9 Å². The summed E-state index contributed by atoms with van der Waals surface area (Å²) in [6.45, 7) is -0.0486. The van der Waals surface area contributed by atoms with Crippen LogP contribution in [-0.2, 0) is 13.7 Å². The van der Waals surface area contributed by atoms with Gasteiger partial charge in [-0.1, -0.05) is 23.4 Å². The number of para-hydroxylation sites is 1. The van der Waals surface area contributed by atoms with Gasteiger partial charge < -0.3 is 4.74 Å². The van der Waals surface area contributed by atoms with Gasteiger partial charge >= 0.3 is 0 Å². The van der Waals surface area contributed by atoms with Gasteiger partial charge in [0.2, 0.25) is 11.3 Å². The fourth-order valence-electron chi connectivity index (χ4n) is 3.05. The first-order valence-corrected chi connectivity index (χ1v) is 9.14. The van der Waals surface area contributed by atoms with Crippen LogP contribution in [0, 0.1) is 0 Å². The fourth-order valence-corrected chi connectivity index (χ4v) is 3.05. The van der Waals surface area contributed by atoms with Crippen LogP contribution < -0.4 is 10.2 Å². The molecule has 0 unspecified atom stereocenters. The van der Waals surface area contributed by atoms with Gasteiger partial charge in [-0.25, -0.2) is 14.3 Å². The van der Waals surface area contributed by atoms with E-state index in [1.165, 1.54) is 6.07 Å². The molecule has 0 aliphatic rings. The molecule has 0 aliphatic heterocycles. The van der Waals surface area contributed by atoms with Crippen molar-refractivity contribution in [2.45, 2.75) is 6.61 Å². The Kier molecular flexibility index (Phi) is 4.28. The summed E-state index contributed by atoms with van der Waals surface area (Å²) in [4.78, 5) is 16.9. The minimum atomic E-state index is -0.224. The third-order valence-electron chi connectivity index (χ3n) is 4.52. The van der Waals surface area contributed by atoms with Crippen molar-refractivity contribution in [1.82, 2.24) is 39.5 Å². The van der Waals surface area contributed by atoms with Crippen LogP contribution in [0.2, 0.25) is 0 Å². The first-order chi connectivity index (χ1) is 14.7. The van der Waals surface area contributed by atoms with Gasteiger partial charge in [0.25, 0.3) is 0 Å². The summed E-state index contributed by atoms with van der Waals surface area (Å²) in [6.07, 6.45) is 8.34. The molecular weight excluding hydrogens is 384 g/mol. The van der Waals surface area contributed by atoms with E-state index in [1.807, 2.05) is 37.4 Å². The molecule has 4 heterocycles. The van der Waals surface area contributed by atoms with Gasteiger partial charge in [0.1, 0.15) is 23.7 Å². The first kappa shape index (κ1) is 17.7. The number of rotatable bonds is 5. The number of nitrogens with zero attached hydrogens (tertiary/aromatic N) is 8. The number of aryl methyl sites for hydroxylation is 1. The maximum Gasteiger partial charge on any atom is 0.241 e. The quantitative estimate of drug-likeness (QED) is 0.442. The molecule has 30 heavy (non-hydrogen) atoms. The van der Waals surface area contributed by atoms with Crippen LogP contribution in [0.4, 0.5) is 0 Å². The number of hydrogen-bond donors (Lipinski definition) is 0. The highest BCUT2D eigenvalue weighted by Gasteiger charge is 2.13. The number of pyridine rings is 1. The summed E-state index contributed by atoms with van der Waals surface area (Å²) in [5.74, 6) is 0.331. The molecule has 10 nitrogen and oxygen atoms in total. The van der Waals surface area contributed by atoms with Crippen molar-refractivity contribution in [3.8, 4) is 17.3 Å². The highest BCUT2D eigenvalue weighted by molar-refractivity contribution is 5.81. The van der Waals surface area contributed by atoms with E-state index >= 15 is 0 Å². The molecular formula is C20H16N8O2. The molecule has 5 rings (SSSR count). The Morgan fingerprint density at radius 2 is 2.00 bits per heavy atom. The minimum Gasteiger partial charge on any atom is -0.469 e. The van der Waals surface area contributed by atoms with E-state index in [1.54, 1.807) is 45.0 Å². The molecule has 10 heteroatoms. The zero-order valence-corrected chi connectivity index (χ0v) is 16.0. The lowest BCUT2D eigenvalue weighted by molar-refractivity contribution is 0.285. The lowest BCUT2D eigenvalue weighted by atomic mass is 10.2. The van der Waals surface area contributed by atoms with Crippen LogP contribution in [0.5, 0.6) is 5.88 Å². The number of hydrogen-bond acceptors (Lipinski definition) is 7. The van der Waals surface area contributed by atoms with Crippen molar-refractivity contribution < 1.29 is 4.74 Å². The van der Waals surface area contributed by atoms with Crippen molar-refractivity contribution in [3.05, 3.63) is 83.3 Å². The maximum absolute atomic E-state index is 12.3. The minimum absolute atomic E-state index is 0.0486. The predicted molar refractivity (Wildman–Crippen MR) is 108 cm³/mol. The SMILES string of the molecule is Cn1cc(-n2ccc(=O)c(COc3nc4ccccc4cc3-n3ccnn3)n2)cn1. The first-order valence-electron chi connectivity index (χ1n) is 9.14. The van der Waals surface area contributed by atoms with E-state index in [0.717, 1.165) is 16.6 Å². The van der Waals surface area contributed by atoms with Crippen LogP contribution in [0.3, 0.4) is 0 Å². The molecule has 4 aromatic heterocycles. The van der Waals surface area contributed by atoms with E-state index in [0.29, 0.717) is 11.6 Å². The normalized spacial score (nSPS) is 11.1. The van der Waals surface area contributed by atoms with Crippen molar-refractivity contribution in [3.63, 3.8) is 0 Å². The molecule has 0 fully saturated rings. The topological polar surface area (TPSA) is 106 Å². The van der Waals surface area contributed by atoms with Gasteiger partial charge in [-0.2, -0.15) is 10.2 Å². The Balaban J connectivity index is 1.51. The lowest BCUT2D eigenvalue weighted by Gasteiger charge is -2.12. The Morgan fingerprint density at radius 1 is 1.10 bits per heavy atom. The van der Waals surface area contributed by atoms with Gasteiger partial charge in [-0.05, 0) is 12.1 Å². The molecule has 5 aromatic rings. The second-order valence-corrected chi connectivity index (χ2v) is 6.59. The molecule has 1 aromatic carbocycles. The van der Waals surface area contributed by atoms with Gasteiger partial charge in [0.15, 0.2) is 0 Å². The second kappa shape index (κ2) is 7.24. The Morgan fingerprint density at radius 3 is 2.80 bits per heavy atom. The molecule has 0 amide bonds. The predicted octanol–water partition coefficient (Wildman–Crippen LogP) is 1.67. The summed E-state index contributed by atoms with van der Waals surface area (Å²) in [7, 11) is 1.81. The zero-order chi connectivity index (χ0) is 20.5. The van der Waals surface area contributed by atoms with E-state index in [-0.39, 0.29) is 17.7 Å². The van der Waals surface area contributed by atoms with Gasteiger partial charge in [-0.3, -0.25) is 9.48 Å². The monoisotopic (exact) mass is 400 g/mol. The molecule has 0 N–H and O–H groups in total. The summed E-state index contributed by atoms with van der Waals surface area (Å²) >= 11 is 0. The largest absolute Gasteiger partial charge is 0.469 e. The number of benzene rings is 1. The smallest absolute Gasteiger partial charge is 0.241 e. The van der Waals surface area contributed by atoms with E-state index in [2.05, 4.69) is 25.5 Å². The van der Waals surface area contributed by atoms with Crippen LogP contribution in [0.15, 0.2) is 72.2 Å². The van der Waals surface area contributed by atoms with Gasteiger partial charge in [-0.15, -0.1) is 5.10 Å². The summed E-state index contributed by atoms with van der Waals surface area (Å²) < 4.78 is 10.8. The lowest BCUT2D eigenvalue weighted by Crippen LogP contribution is -2.18. The molecule has 0 aliphatic carbocycles. The third kappa shape index (κ3) is 3.30. The van der Waals surface area contributed by atoms with E-state index in [9.17, 15) is 4.79 Å². The zero-order valence-electron chi connectivity index (χ0n) is 16.0. The Labute approximate surface area is 170 Å². The van der Waals surface area contributed by atoms with Crippen LogP contribution in [0.1, 0.15) is 5.69 Å². The second-order valence-electron chi connectivity index (χ2n) is 6.59. The summed E-state index contributed by atoms with van der Waals surface area (Å²) in [6, 6.07) is 11.1. The number of aromatic nitrogens is 8. The number of fused-ring (bicyclic) bond motifs is 1. The van der Waals surface area contributed by atoms with Crippen LogP contribution in [0.25, 0.3) is 22.3 Å².